The minimum absolute atomic E-state index is 0.0990. The molecule has 0 saturated heterocycles. The van der Waals surface area contributed by atoms with Crippen molar-refractivity contribution in [3.8, 4) is 11.5 Å². The van der Waals surface area contributed by atoms with E-state index >= 15 is 0 Å². The number of halogens is 1. The molecule has 5 rings (SSSR count). The van der Waals surface area contributed by atoms with Crippen molar-refractivity contribution >= 4 is 28.3 Å². The predicted octanol–water partition coefficient (Wildman–Crippen LogP) is 3.61. The number of nitrogens with one attached hydrogen (secondary N) is 2. The van der Waals surface area contributed by atoms with Gasteiger partial charge in [-0.05, 0) is 54.8 Å². The molecule has 9 heteroatoms. The molecule has 0 saturated carbocycles. The molecule has 1 aliphatic carbocycles. The molecule has 2 aromatic carbocycles. The molecule has 3 aromatic rings. The van der Waals surface area contributed by atoms with Gasteiger partial charge in [0.05, 0.1) is 11.6 Å². The molecule has 0 fully saturated rings. The van der Waals surface area contributed by atoms with Crippen molar-refractivity contribution in [1.82, 2.24) is 10.3 Å². The average molecular weight is 439 g/mol. The number of anilines is 1. The van der Waals surface area contributed by atoms with Crippen LogP contribution in [-0.2, 0) is 17.8 Å². The summed E-state index contributed by atoms with van der Waals surface area (Å²) in [7, 11) is 0. The summed E-state index contributed by atoms with van der Waals surface area (Å²) in [6.07, 6.45) is 1.43. The van der Waals surface area contributed by atoms with Crippen molar-refractivity contribution in [2.45, 2.75) is 25.3 Å². The van der Waals surface area contributed by atoms with Gasteiger partial charge < -0.3 is 14.8 Å². The first kappa shape index (κ1) is 19.5. The molecule has 7 nitrogen and oxygen atoms in total. The highest BCUT2D eigenvalue weighted by molar-refractivity contribution is 7.16. The van der Waals surface area contributed by atoms with Crippen LogP contribution in [0.3, 0.4) is 0 Å². The Balaban J connectivity index is 1.23. The number of ether oxygens (including phenoxy) is 2. The molecular weight excluding hydrogens is 421 g/mol. The van der Waals surface area contributed by atoms with Crippen LogP contribution in [0.15, 0.2) is 42.5 Å². The molecule has 158 valence electrons. The average Bonchev–Trinajstić information content (AvgIpc) is 3.47. The Morgan fingerprint density at radius 2 is 1.94 bits per heavy atom. The maximum atomic E-state index is 13.0. The van der Waals surface area contributed by atoms with Crippen LogP contribution < -0.4 is 20.1 Å². The van der Waals surface area contributed by atoms with Crippen molar-refractivity contribution < 1.29 is 23.5 Å². The molecule has 0 spiro atoms. The van der Waals surface area contributed by atoms with Crippen LogP contribution in [0, 0.1) is 5.82 Å². The second-order valence-corrected chi connectivity index (χ2v) is 8.37. The highest BCUT2D eigenvalue weighted by atomic mass is 32.1. The number of rotatable bonds is 5. The van der Waals surface area contributed by atoms with E-state index in [9.17, 15) is 14.0 Å². The van der Waals surface area contributed by atoms with E-state index in [1.165, 1.54) is 35.6 Å². The van der Waals surface area contributed by atoms with Crippen LogP contribution in [0.1, 0.15) is 38.8 Å². The van der Waals surface area contributed by atoms with E-state index < -0.39 is 5.82 Å². The zero-order valence-electron chi connectivity index (χ0n) is 16.3. The number of carbonyl (C=O) groups is 2. The predicted molar refractivity (Wildman–Crippen MR) is 112 cm³/mol. The zero-order valence-corrected chi connectivity index (χ0v) is 17.1. The fraction of sp³-hybridized carbons (Fsp3) is 0.227. The Labute approximate surface area is 181 Å². The van der Waals surface area contributed by atoms with E-state index in [-0.39, 0.29) is 24.5 Å². The lowest BCUT2D eigenvalue weighted by Gasteiger charge is -2.11. The normalized spacial score (nSPS) is 16.1. The highest BCUT2D eigenvalue weighted by Crippen LogP contribution is 2.38. The summed E-state index contributed by atoms with van der Waals surface area (Å²) >= 11 is 1.37. The standard InChI is InChI=1S/C22H18FN3O4S/c23-14-4-2-13(3-5-14)20(27)26-22-25-19-15(6-8-18(19)31-22)21(28)24-10-12-1-7-16-17(9-12)30-11-29-16/h1-5,7,9,15H,6,8,10-11H2,(H,24,28)(H,25,26,27). The largest absolute Gasteiger partial charge is 0.454 e. The molecule has 1 aromatic heterocycles. The van der Waals surface area contributed by atoms with Crippen molar-refractivity contribution in [2.24, 2.45) is 0 Å². The molecule has 31 heavy (non-hydrogen) atoms. The molecule has 0 radical (unpaired) electrons. The van der Waals surface area contributed by atoms with Crippen LogP contribution in [-0.4, -0.2) is 23.6 Å². The fourth-order valence-electron chi connectivity index (χ4n) is 3.67. The number of hydrogen-bond acceptors (Lipinski definition) is 6. The maximum Gasteiger partial charge on any atom is 0.257 e. The van der Waals surface area contributed by atoms with Crippen molar-refractivity contribution in [3.05, 3.63) is 70.0 Å². The van der Waals surface area contributed by atoms with E-state index in [1.807, 2.05) is 18.2 Å². The second kappa shape index (κ2) is 7.99. The SMILES string of the molecule is O=C(Nc1nc2c(s1)CCC2C(=O)NCc1ccc2c(c1)OCO2)c1ccc(F)cc1. The number of benzene rings is 2. The first-order valence-corrected chi connectivity index (χ1v) is 10.6. The summed E-state index contributed by atoms with van der Waals surface area (Å²) in [4.78, 5) is 30.6. The Bertz CT molecular complexity index is 1160. The number of carbonyl (C=O) groups excluding carboxylic acids is 2. The van der Waals surface area contributed by atoms with Crippen molar-refractivity contribution in [1.29, 1.82) is 0 Å². The van der Waals surface area contributed by atoms with Gasteiger partial charge in [-0.3, -0.25) is 14.9 Å². The highest BCUT2D eigenvalue weighted by Gasteiger charge is 2.32. The van der Waals surface area contributed by atoms with Gasteiger partial charge in [0, 0.05) is 17.0 Å². The molecule has 2 heterocycles. The maximum absolute atomic E-state index is 13.0. The fourth-order valence-corrected chi connectivity index (χ4v) is 4.70. The number of aryl methyl sites for hydroxylation is 1. The smallest absolute Gasteiger partial charge is 0.257 e. The van der Waals surface area contributed by atoms with Gasteiger partial charge in [0.2, 0.25) is 12.7 Å². The summed E-state index contributed by atoms with van der Waals surface area (Å²) in [6.45, 7) is 0.583. The number of thiazole rings is 1. The van der Waals surface area contributed by atoms with E-state index in [2.05, 4.69) is 15.6 Å². The monoisotopic (exact) mass is 439 g/mol. The van der Waals surface area contributed by atoms with Crippen molar-refractivity contribution in [2.75, 3.05) is 12.1 Å². The number of amides is 2. The van der Waals surface area contributed by atoms with Gasteiger partial charge >= 0.3 is 0 Å². The third-order valence-corrected chi connectivity index (χ3v) is 6.31. The molecule has 1 atom stereocenters. The van der Waals surface area contributed by atoms with Gasteiger partial charge in [0.15, 0.2) is 16.6 Å². The summed E-state index contributed by atoms with van der Waals surface area (Å²) in [6, 6.07) is 10.9. The number of fused-ring (bicyclic) bond motifs is 2. The first-order chi connectivity index (χ1) is 15.1. The summed E-state index contributed by atoms with van der Waals surface area (Å²) in [5.41, 5.74) is 1.97. The number of aromatic nitrogens is 1. The Morgan fingerprint density at radius 1 is 1.13 bits per heavy atom. The molecule has 1 aliphatic heterocycles. The summed E-state index contributed by atoms with van der Waals surface area (Å²) < 4.78 is 23.7. The van der Waals surface area contributed by atoms with Gasteiger partial charge in [-0.1, -0.05) is 6.07 Å². The van der Waals surface area contributed by atoms with Crippen LogP contribution in [0.25, 0.3) is 0 Å². The van der Waals surface area contributed by atoms with E-state index in [0.29, 0.717) is 40.9 Å². The van der Waals surface area contributed by atoms with E-state index in [1.54, 1.807) is 0 Å². The van der Waals surface area contributed by atoms with Gasteiger partial charge in [0.1, 0.15) is 5.82 Å². The molecule has 2 aliphatic rings. The minimum atomic E-state index is -0.403. The quantitative estimate of drug-likeness (QED) is 0.634. The molecule has 2 N–H and O–H groups in total. The molecule has 1 unspecified atom stereocenters. The number of nitrogens with zero attached hydrogens (tertiary/aromatic N) is 1. The van der Waals surface area contributed by atoms with E-state index in [4.69, 9.17) is 9.47 Å². The van der Waals surface area contributed by atoms with Gasteiger partial charge in [0.25, 0.3) is 5.91 Å². The minimum Gasteiger partial charge on any atom is -0.454 e. The van der Waals surface area contributed by atoms with Crippen LogP contribution in [0.2, 0.25) is 0 Å². The van der Waals surface area contributed by atoms with Gasteiger partial charge in [-0.15, -0.1) is 11.3 Å². The summed E-state index contributed by atoms with van der Waals surface area (Å²) in [5, 5.41) is 6.14. The zero-order chi connectivity index (χ0) is 21.4. The lowest BCUT2D eigenvalue weighted by molar-refractivity contribution is -0.122. The Hall–Kier alpha value is -3.46. The summed E-state index contributed by atoms with van der Waals surface area (Å²) in [5.74, 6) is 0.162. The third kappa shape index (κ3) is 3.96. The Kier molecular flexibility index (Phi) is 5.03. The number of hydrogen-bond donors (Lipinski definition) is 2. The van der Waals surface area contributed by atoms with Crippen LogP contribution >= 0.6 is 11.3 Å². The Morgan fingerprint density at radius 3 is 2.77 bits per heavy atom. The van der Waals surface area contributed by atoms with Crippen LogP contribution in [0.4, 0.5) is 9.52 Å². The molecule has 2 amide bonds. The second-order valence-electron chi connectivity index (χ2n) is 7.29. The molecule has 0 bridgehead atoms. The topological polar surface area (TPSA) is 89.6 Å². The van der Waals surface area contributed by atoms with Crippen LogP contribution in [0.5, 0.6) is 11.5 Å². The first-order valence-electron chi connectivity index (χ1n) is 9.79. The third-order valence-electron chi connectivity index (χ3n) is 5.26. The molecular formula is C22H18FN3O4S. The lowest BCUT2D eigenvalue weighted by atomic mass is 10.1. The van der Waals surface area contributed by atoms with Crippen molar-refractivity contribution in [3.63, 3.8) is 0 Å². The van der Waals surface area contributed by atoms with Gasteiger partial charge in [-0.2, -0.15) is 0 Å². The van der Waals surface area contributed by atoms with E-state index in [0.717, 1.165) is 16.9 Å². The van der Waals surface area contributed by atoms with Gasteiger partial charge in [-0.25, -0.2) is 9.37 Å². The lowest BCUT2D eigenvalue weighted by Crippen LogP contribution is -2.28.